The number of carboxylic acid groups (broad SMARTS) is 1. The molecule has 0 bridgehead atoms. The fourth-order valence-electron chi connectivity index (χ4n) is 2.88. The smallest absolute Gasteiger partial charge is 0.326 e. The number of amides is 2. The fraction of sp³-hybridized carbons (Fsp3) is 0.278. The molecule has 24 heavy (non-hydrogen) atoms. The van der Waals surface area contributed by atoms with Crippen molar-refractivity contribution in [3.05, 3.63) is 48.0 Å². The van der Waals surface area contributed by atoms with E-state index in [2.05, 4.69) is 10.6 Å². The Morgan fingerprint density at radius 2 is 1.96 bits per heavy atom. The third-order valence-corrected chi connectivity index (χ3v) is 4.18. The van der Waals surface area contributed by atoms with Crippen LogP contribution in [0.25, 0.3) is 10.8 Å². The lowest BCUT2D eigenvalue weighted by Crippen LogP contribution is -2.49. The number of carboxylic acids is 1. The molecule has 1 aliphatic heterocycles. The zero-order valence-corrected chi connectivity index (χ0v) is 13.0. The molecule has 0 spiro atoms. The molecule has 0 unspecified atom stereocenters. The van der Waals surface area contributed by atoms with E-state index in [1.165, 1.54) is 0 Å². The number of carbonyl (C=O) groups excluding carboxylic acids is 2. The Balaban J connectivity index is 1.72. The lowest BCUT2D eigenvalue weighted by Gasteiger charge is -2.17. The third-order valence-electron chi connectivity index (χ3n) is 4.18. The van der Waals surface area contributed by atoms with Crippen LogP contribution in [0.2, 0.25) is 0 Å². The summed E-state index contributed by atoms with van der Waals surface area (Å²) in [7, 11) is 0. The molecule has 1 saturated heterocycles. The van der Waals surface area contributed by atoms with Crippen molar-refractivity contribution in [3.8, 4) is 0 Å². The SMILES string of the molecule is O=C1CC[C@@H](C(=O)N[C@@H](Cc2ccc3ccccc3c2)C(=O)O)N1. The highest BCUT2D eigenvalue weighted by Gasteiger charge is 2.30. The van der Waals surface area contributed by atoms with E-state index in [4.69, 9.17) is 0 Å². The van der Waals surface area contributed by atoms with Gasteiger partial charge in [-0.1, -0.05) is 42.5 Å². The molecule has 6 nitrogen and oxygen atoms in total. The third kappa shape index (κ3) is 3.53. The first-order chi connectivity index (χ1) is 11.5. The lowest BCUT2D eigenvalue weighted by molar-refractivity contribution is -0.142. The van der Waals surface area contributed by atoms with E-state index in [9.17, 15) is 19.5 Å². The maximum atomic E-state index is 12.1. The lowest BCUT2D eigenvalue weighted by atomic mass is 10.0. The van der Waals surface area contributed by atoms with E-state index < -0.39 is 24.0 Å². The second-order valence-electron chi connectivity index (χ2n) is 5.94. The average Bonchev–Trinajstić information content (AvgIpc) is 3.00. The van der Waals surface area contributed by atoms with Gasteiger partial charge in [-0.3, -0.25) is 9.59 Å². The van der Waals surface area contributed by atoms with Crippen molar-refractivity contribution in [1.82, 2.24) is 10.6 Å². The van der Waals surface area contributed by atoms with E-state index in [0.717, 1.165) is 16.3 Å². The normalized spacial score (nSPS) is 18.2. The Morgan fingerprint density at radius 1 is 1.21 bits per heavy atom. The van der Waals surface area contributed by atoms with Crippen LogP contribution < -0.4 is 10.6 Å². The van der Waals surface area contributed by atoms with Gasteiger partial charge in [0.15, 0.2) is 0 Å². The molecule has 3 rings (SSSR count). The molecule has 3 N–H and O–H groups in total. The maximum Gasteiger partial charge on any atom is 0.326 e. The second kappa shape index (κ2) is 6.70. The number of fused-ring (bicyclic) bond motifs is 1. The summed E-state index contributed by atoms with van der Waals surface area (Å²) in [5.41, 5.74) is 0.830. The average molecular weight is 326 g/mol. The van der Waals surface area contributed by atoms with Crippen LogP contribution in [0.4, 0.5) is 0 Å². The van der Waals surface area contributed by atoms with Crippen molar-refractivity contribution < 1.29 is 19.5 Å². The molecule has 2 aromatic carbocycles. The van der Waals surface area contributed by atoms with E-state index in [1.807, 2.05) is 42.5 Å². The Bertz CT molecular complexity index is 802. The molecule has 1 aliphatic rings. The van der Waals surface area contributed by atoms with E-state index >= 15 is 0 Å². The molecule has 1 fully saturated rings. The highest BCUT2D eigenvalue weighted by Crippen LogP contribution is 2.17. The van der Waals surface area contributed by atoms with Crippen molar-refractivity contribution in [3.63, 3.8) is 0 Å². The summed E-state index contributed by atoms with van der Waals surface area (Å²) in [4.78, 5) is 34.8. The number of nitrogens with one attached hydrogen (secondary N) is 2. The minimum Gasteiger partial charge on any atom is -0.480 e. The summed E-state index contributed by atoms with van der Waals surface area (Å²) in [5.74, 6) is -1.73. The van der Waals surface area contributed by atoms with Crippen LogP contribution in [-0.4, -0.2) is 35.0 Å². The van der Waals surface area contributed by atoms with E-state index in [-0.39, 0.29) is 12.3 Å². The summed E-state index contributed by atoms with van der Waals surface area (Å²) >= 11 is 0. The van der Waals surface area contributed by atoms with Gasteiger partial charge in [-0.15, -0.1) is 0 Å². The van der Waals surface area contributed by atoms with E-state index in [1.54, 1.807) is 0 Å². The molecule has 0 aromatic heterocycles. The van der Waals surface area contributed by atoms with Crippen LogP contribution >= 0.6 is 0 Å². The van der Waals surface area contributed by atoms with Gasteiger partial charge in [0, 0.05) is 12.8 Å². The zero-order chi connectivity index (χ0) is 17.1. The minimum absolute atomic E-state index is 0.184. The van der Waals surface area contributed by atoms with Gasteiger partial charge >= 0.3 is 5.97 Å². The number of rotatable bonds is 5. The summed E-state index contributed by atoms with van der Waals surface area (Å²) in [6, 6.07) is 11.9. The van der Waals surface area contributed by atoms with Crippen LogP contribution in [0.15, 0.2) is 42.5 Å². The largest absolute Gasteiger partial charge is 0.480 e. The number of hydrogen-bond acceptors (Lipinski definition) is 3. The molecular weight excluding hydrogens is 308 g/mol. The first kappa shape index (κ1) is 16.0. The molecule has 124 valence electrons. The van der Waals surface area contributed by atoms with Gasteiger partial charge in [0.05, 0.1) is 0 Å². The quantitative estimate of drug-likeness (QED) is 0.770. The summed E-state index contributed by atoms with van der Waals surface area (Å²) in [6.45, 7) is 0. The van der Waals surface area contributed by atoms with Crippen molar-refractivity contribution in [2.75, 3.05) is 0 Å². The Hall–Kier alpha value is -2.89. The highest BCUT2D eigenvalue weighted by molar-refractivity contribution is 5.93. The van der Waals surface area contributed by atoms with Gasteiger partial charge in [-0.25, -0.2) is 4.79 Å². The van der Waals surface area contributed by atoms with Gasteiger partial charge in [0.1, 0.15) is 12.1 Å². The number of benzene rings is 2. The summed E-state index contributed by atoms with van der Waals surface area (Å²) in [5, 5.41) is 16.6. The topological polar surface area (TPSA) is 95.5 Å². The molecule has 0 aliphatic carbocycles. The maximum absolute atomic E-state index is 12.1. The van der Waals surface area contributed by atoms with Gasteiger partial charge in [-0.05, 0) is 22.8 Å². The Labute approximate surface area is 138 Å². The van der Waals surface area contributed by atoms with Gasteiger partial charge in [-0.2, -0.15) is 0 Å². The predicted molar refractivity (Wildman–Crippen MR) is 88.4 cm³/mol. The van der Waals surface area contributed by atoms with Crippen molar-refractivity contribution in [1.29, 1.82) is 0 Å². The van der Waals surface area contributed by atoms with Crippen LogP contribution in [0.1, 0.15) is 18.4 Å². The van der Waals surface area contributed by atoms with Gasteiger partial charge in [0.25, 0.3) is 0 Å². The fourth-order valence-corrected chi connectivity index (χ4v) is 2.88. The second-order valence-corrected chi connectivity index (χ2v) is 5.94. The molecule has 0 radical (unpaired) electrons. The van der Waals surface area contributed by atoms with Crippen LogP contribution in [0.3, 0.4) is 0 Å². The zero-order valence-electron chi connectivity index (χ0n) is 13.0. The monoisotopic (exact) mass is 326 g/mol. The molecular formula is C18H18N2O4. The minimum atomic E-state index is -1.10. The summed E-state index contributed by atoms with van der Waals surface area (Å²) in [6.07, 6.45) is 0.875. The molecule has 2 amide bonds. The number of carbonyl (C=O) groups is 3. The van der Waals surface area contributed by atoms with Crippen molar-refractivity contribution in [2.24, 2.45) is 0 Å². The Morgan fingerprint density at radius 3 is 2.62 bits per heavy atom. The first-order valence-corrected chi connectivity index (χ1v) is 7.83. The summed E-state index contributed by atoms with van der Waals surface area (Å²) < 4.78 is 0. The van der Waals surface area contributed by atoms with Crippen LogP contribution in [0, 0.1) is 0 Å². The van der Waals surface area contributed by atoms with Gasteiger partial charge < -0.3 is 15.7 Å². The molecule has 6 heteroatoms. The predicted octanol–water partition coefficient (Wildman–Crippen LogP) is 1.23. The molecule has 0 saturated carbocycles. The number of hydrogen-bond donors (Lipinski definition) is 3. The highest BCUT2D eigenvalue weighted by atomic mass is 16.4. The van der Waals surface area contributed by atoms with Crippen LogP contribution in [0.5, 0.6) is 0 Å². The Kier molecular flexibility index (Phi) is 4.46. The molecule has 1 heterocycles. The van der Waals surface area contributed by atoms with Crippen LogP contribution in [-0.2, 0) is 20.8 Å². The standard InChI is InChI=1S/C18H18N2O4/c21-16-8-7-14(19-16)17(22)20-15(18(23)24)10-11-5-6-12-3-1-2-4-13(12)9-11/h1-6,9,14-15H,7-8,10H2,(H,19,21)(H,20,22)(H,23,24)/t14-,15-/m0/s1. The van der Waals surface area contributed by atoms with Gasteiger partial charge in [0.2, 0.25) is 11.8 Å². The molecule has 2 atom stereocenters. The van der Waals surface area contributed by atoms with E-state index in [0.29, 0.717) is 12.8 Å². The first-order valence-electron chi connectivity index (χ1n) is 7.83. The molecule has 2 aromatic rings. The number of aliphatic carboxylic acids is 1. The van der Waals surface area contributed by atoms with Crippen molar-refractivity contribution >= 4 is 28.6 Å². The van der Waals surface area contributed by atoms with Crippen molar-refractivity contribution in [2.45, 2.75) is 31.3 Å².